The molecule has 37 heavy (non-hydrogen) atoms. The summed E-state index contributed by atoms with van der Waals surface area (Å²) >= 11 is 6.50. The molecule has 0 spiro atoms. The number of allylic oxidation sites excluding steroid dienone is 2. The number of benzene rings is 1. The molecular weight excluding hydrogens is 484 g/mol. The fourth-order valence-corrected chi connectivity index (χ4v) is 6.51. The number of nitrogens with zero attached hydrogens (tertiary/aromatic N) is 2. The minimum absolute atomic E-state index is 0.0555. The van der Waals surface area contributed by atoms with E-state index in [2.05, 4.69) is 57.7 Å². The Morgan fingerprint density at radius 1 is 1.11 bits per heavy atom. The summed E-state index contributed by atoms with van der Waals surface area (Å²) in [6, 6.07) is 4.77. The molecule has 2 unspecified atom stereocenters. The molecule has 0 aromatic heterocycles. The number of rotatable bonds is 8. The first-order valence-electron chi connectivity index (χ1n) is 14.0. The molecule has 7 heteroatoms. The fourth-order valence-electron chi connectivity index (χ4n) is 6.20. The van der Waals surface area contributed by atoms with Gasteiger partial charge in [-0.25, -0.2) is 0 Å². The van der Waals surface area contributed by atoms with Crippen molar-refractivity contribution in [2.24, 2.45) is 11.8 Å². The molecule has 2 fully saturated rings. The summed E-state index contributed by atoms with van der Waals surface area (Å²) < 4.78 is 5.64. The SMILES string of the molecule is CCc1cc(Cl)c(OC)c(N2CCN(CCC3CCC(NC(=O)C4=CC5C=CC=CC5N4)CC3)CC2)c1. The Hall–Kier alpha value is -2.44. The first-order valence-corrected chi connectivity index (χ1v) is 14.4. The molecule has 200 valence electrons. The Morgan fingerprint density at radius 2 is 1.86 bits per heavy atom. The number of carbonyl (C=O) groups excluding carboxylic acids is 1. The molecule has 5 rings (SSSR count). The van der Waals surface area contributed by atoms with Gasteiger partial charge in [-0.1, -0.05) is 42.8 Å². The maximum Gasteiger partial charge on any atom is 0.267 e. The van der Waals surface area contributed by atoms with Crippen LogP contribution in [0.2, 0.25) is 5.02 Å². The number of anilines is 1. The quantitative estimate of drug-likeness (QED) is 0.516. The van der Waals surface area contributed by atoms with Crippen molar-refractivity contribution in [1.29, 1.82) is 0 Å². The largest absolute Gasteiger partial charge is 0.493 e. The van der Waals surface area contributed by atoms with Crippen molar-refractivity contribution in [2.45, 2.75) is 57.5 Å². The van der Waals surface area contributed by atoms with Gasteiger partial charge in [-0.3, -0.25) is 9.69 Å². The van der Waals surface area contributed by atoms with Gasteiger partial charge in [0.25, 0.3) is 5.91 Å². The van der Waals surface area contributed by atoms with E-state index in [4.69, 9.17) is 16.3 Å². The zero-order chi connectivity index (χ0) is 25.8. The summed E-state index contributed by atoms with van der Waals surface area (Å²) in [7, 11) is 1.70. The topological polar surface area (TPSA) is 56.8 Å². The van der Waals surface area contributed by atoms with Crippen molar-refractivity contribution in [3.05, 3.63) is 58.8 Å². The summed E-state index contributed by atoms with van der Waals surface area (Å²) in [5.41, 5.74) is 3.11. The number of halogens is 1. The van der Waals surface area contributed by atoms with E-state index in [9.17, 15) is 4.79 Å². The van der Waals surface area contributed by atoms with Crippen molar-refractivity contribution in [3.63, 3.8) is 0 Å². The van der Waals surface area contributed by atoms with Crippen molar-refractivity contribution in [3.8, 4) is 5.75 Å². The smallest absolute Gasteiger partial charge is 0.267 e. The first kappa shape index (κ1) is 26.2. The van der Waals surface area contributed by atoms with Crippen LogP contribution in [0.4, 0.5) is 5.69 Å². The van der Waals surface area contributed by atoms with Crippen molar-refractivity contribution in [1.82, 2.24) is 15.5 Å². The number of nitrogens with one attached hydrogen (secondary N) is 2. The van der Waals surface area contributed by atoms with E-state index in [1.165, 1.54) is 24.8 Å². The fraction of sp³-hybridized carbons (Fsp3) is 0.567. The molecule has 4 aliphatic rings. The molecule has 2 atom stereocenters. The number of fused-ring (bicyclic) bond motifs is 1. The van der Waals surface area contributed by atoms with Crippen LogP contribution in [0.15, 0.2) is 48.2 Å². The lowest BCUT2D eigenvalue weighted by Gasteiger charge is -2.38. The van der Waals surface area contributed by atoms with E-state index < -0.39 is 0 Å². The van der Waals surface area contributed by atoms with Gasteiger partial charge < -0.3 is 20.3 Å². The van der Waals surface area contributed by atoms with Crippen LogP contribution in [-0.2, 0) is 11.2 Å². The first-order chi connectivity index (χ1) is 18.0. The molecule has 2 heterocycles. The van der Waals surface area contributed by atoms with Crippen molar-refractivity contribution >= 4 is 23.2 Å². The maximum atomic E-state index is 12.8. The van der Waals surface area contributed by atoms with Gasteiger partial charge in [-0.05, 0) is 74.8 Å². The van der Waals surface area contributed by atoms with Crippen LogP contribution in [0.5, 0.6) is 5.75 Å². The number of aryl methyl sites for hydroxylation is 1. The second kappa shape index (κ2) is 12.0. The number of methoxy groups -OCH3 is 1. The second-order valence-electron chi connectivity index (χ2n) is 10.9. The summed E-state index contributed by atoms with van der Waals surface area (Å²) in [5.74, 6) is 1.90. The van der Waals surface area contributed by atoms with Crippen LogP contribution in [0.3, 0.4) is 0 Å². The van der Waals surface area contributed by atoms with E-state index in [-0.39, 0.29) is 11.9 Å². The standard InChI is InChI=1S/C30H41ClN4O2/c1-3-21-18-25(31)29(37-2)28(19-21)35-16-14-34(15-17-35)13-12-22-8-10-24(11-9-22)32-30(36)27-20-23-6-4-5-7-26(23)33-27/h4-7,18-20,22-24,26,33H,3,8-17H2,1-2H3,(H,32,36). The van der Waals surface area contributed by atoms with Gasteiger partial charge in [-0.15, -0.1) is 0 Å². The van der Waals surface area contributed by atoms with Crippen molar-refractivity contribution < 1.29 is 9.53 Å². The molecule has 1 saturated heterocycles. The minimum Gasteiger partial charge on any atom is -0.493 e. The molecular formula is C30H41ClN4O2. The zero-order valence-corrected chi connectivity index (χ0v) is 23.0. The molecule has 1 saturated carbocycles. The Bertz CT molecular complexity index is 1050. The monoisotopic (exact) mass is 524 g/mol. The van der Waals surface area contributed by atoms with Gasteiger partial charge >= 0.3 is 0 Å². The van der Waals surface area contributed by atoms with Gasteiger partial charge in [0.2, 0.25) is 0 Å². The van der Waals surface area contributed by atoms with Crippen LogP contribution >= 0.6 is 11.6 Å². The number of piperazine rings is 1. The van der Waals surface area contributed by atoms with Gasteiger partial charge in [0.1, 0.15) is 0 Å². The molecule has 2 aliphatic carbocycles. The number of amides is 1. The highest BCUT2D eigenvalue weighted by Gasteiger charge is 2.30. The lowest BCUT2D eigenvalue weighted by Crippen LogP contribution is -2.47. The van der Waals surface area contributed by atoms with Gasteiger partial charge in [-0.2, -0.15) is 0 Å². The highest BCUT2D eigenvalue weighted by Crippen LogP contribution is 2.37. The second-order valence-corrected chi connectivity index (χ2v) is 11.3. The molecule has 6 nitrogen and oxygen atoms in total. The Kier molecular flexibility index (Phi) is 8.46. The Labute approximate surface area is 226 Å². The third-order valence-electron chi connectivity index (χ3n) is 8.55. The Balaban J connectivity index is 1.03. The normalized spacial score (nSPS) is 27.4. The minimum atomic E-state index is 0.0555. The van der Waals surface area contributed by atoms with Gasteiger partial charge in [0.15, 0.2) is 5.75 Å². The predicted octanol–water partition coefficient (Wildman–Crippen LogP) is 4.70. The predicted molar refractivity (Wildman–Crippen MR) is 151 cm³/mol. The molecule has 1 amide bonds. The van der Waals surface area contributed by atoms with Gasteiger partial charge in [0.05, 0.1) is 29.6 Å². The van der Waals surface area contributed by atoms with Crippen LogP contribution in [0, 0.1) is 11.8 Å². The molecule has 0 radical (unpaired) electrons. The average molecular weight is 525 g/mol. The Morgan fingerprint density at radius 3 is 2.57 bits per heavy atom. The van der Waals surface area contributed by atoms with Crippen molar-refractivity contribution in [2.75, 3.05) is 44.7 Å². The highest BCUT2D eigenvalue weighted by molar-refractivity contribution is 6.32. The summed E-state index contributed by atoms with van der Waals surface area (Å²) in [6.45, 7) is 7.44. The van der Waals surface area contributed by atoms with Crippen LogP contribution < -0.4 is 20.3 Å². The summed E-state index contributed by atoms with van der Waals surface area (Å²) in [5, 5.41) is 7.35. The third kappa shape index (κ3) is 6.18. The maximum absolute atomic E-state index is 12.8. The van der Waals surface area contributed by atoms with Gasteiger partial charge in [0, 0.05) is 38.1 Å². The number of ether oxygens (including phenoxy) is 1. The molecule has 1 aromatic carbocycles. The van der Waals surface area contributed by atoms with Crippen LogP contribution in [0.1, 0.15) is 44.6 Å². The van der Waals surface area contributed by atoms with E-state index in [0.29, 0.717) is 17.0 Å². The molecule has 0 bridgehead atoms. The van der Waals surface area contributed by atoms with Crippen LogP contribution in [-0.4, -0.2) is 62.7 Å². The third-order valence-corrected chi connectivity index (χ3v) is 8.83. The zero-order valence-electron chi connectivity index (χ0n) is 22.2. The van der Waals surface area contributed by atoms with E-state index in [0.717, 1.165) is 75.0 Å². The average Bonchev–Trinajstić information content (AvgIpc) is 3.37. The number of carbonyl (C=O) groups is 1. The summed E-state index contributed by atoms with van der Waals surface area (Å²) in [4.78, 5) is 17.8. The van der Waals surface area contributed by atoms with E-state index in [1.54, 1.807) is 7.11 Å². The van der Waals surface area contributed by atoms with Crippen LogP contribution in [0.25, 0.3) is 0 Å². The number of hydrogen-bond acceptors (Lipinski definition) is 5. The highest BCUT2D eigenvalue weighted by atomic mass is 35.5. The molecule has 2 aliphatic heterocycles. The summed E-state index contributed by atoms with van der Waals surface area (Å²) in [6.07, 6.45) is 17.2. The van der Waals surface area contributed by atoms with E-state index >= 15 is 0 Å². The molecule has 2 N–H and O–H groups in total. The number of hydrogen-bond donors (Lipinski definition) is 2. The lowest BCUT2D eigenvalue weighted by atomic mass is 9.84. The van der Waals surface area contributed by atoms with E-state index in [1.807, 2.05) is 12.1 Å². The molecule has 1 aromatic rings. The lowest BCUT2D eigenvalue weighted by molar-refractivity contribution is -0.118.